The molecule has 0 atom stereocenters. The first-order valence-electron chi connectivity index (χ1n) is 6.50. The minimum absolute atomic E-state index is 0.0674. The summed E-state index contributed by atoms with van der Waals surface area (Å²) >= 11 is 0. The van der Waals surface area contributed by atoms with Crippen molar-refractivity contribution in [2.45, 2.75) is 13.5 Å². The minimum Gasteiger partial charge on any atom is -0.508 e. The molecule has 106 valence electrons. The van der Waals surface area contributed by atoms with Gasteiger partial charge in [0.15, 0.2) is 0 Å². The van der Waals surface area contributed by atoms with Crippen molar-refractivity contribution < 1.29 is 10.2 Å². The quantitative estimate of drug-likeness (QED) is 0.800. The van der Waals surface area contributed by atoms with Crippen LogP contribution in [0.5, 0.6) is 11.5 Å². The number of phenolic OH excluding ortho intramolecular Hbond substituents is 2. The third-order valence-electron chi connectivity index (χ3n) is 3.26. The molecule has 2 aromatic carbocycles. The summed E-state index contributed by atoms with van der Waals surface area (Å²) in [6.45, 7) is 2.56. The van der Waals surface area contributed by atoms with E-state index in [2.05, 4.69) is 16.3 Å². The molecule has 0 spiro atoms. The van der Waals surface area contributed by atoms with Crippen LogP contribution in [0.15, 0.2) is 36.4 Å². The van der Waals surface area contributed by atoms with E-state index in [0.717, 1.165) is 22.5 Å². The first kappa shape index (κ1) is 14.1. The first-order valence-corrected chi connectivity index (χ1v) is 6.50. The molecule has 0 bridgehead atoms. The second kappa shape index (κ2) is 5.74. The van der Waals surface area contributed by atoms with Gasteiger partial charge in [-0.05, 0) is 42.8 Å². The monoisotopic (exact) mass is 272 g/mol. The van der Waals surface area contributed by atoms with E-state index in [1.165, 1.54) is 6.07 Å². The normalized spacial score (nSPS) is 10.3. The molecule has 0 saturated carbocycles. The van der Waals surface area contributed by atoms with E-state index < -0.39 is 0 Å². The highest BCUT2D eigenvalue weighted by molar-refractivity contribution is 5.60. The molecular formula is C16H20N2O2. The maximum absolute atomic E-state index is 9.75. The zero-order chi connectivity index (χ0) is 14.7. The van der Waals surface area contributed by atoms with Crippen LogP contribution >= 0.6 is 0 Å². The highest BCUT2D eigenvalue weighted by atomic mass is 16.3. The third kappa shape index (κ3) is 3.15. The number of aromatic hydroxyl groups is 2. The number of nitrogens with one attached hydrogen (secondary N) is 1. The Morgan fingerprint density at radius 3 is 2.40 bits per heavy atom. The van der Waals surface area contributed by atoms with Crippen LogP contribution in [0, 0.1) is 6.92 Å². The Morgan fingerprint density at radius 2 is 1.80 bits per heavy atom. The molecule has 0 amide bonds. The lowest BCUT2D eigenvalue weighted by Gasteiger charge is -2.16. The zero-order valence-corrected chi connectivity index (χ0v) is 12.0. The van der Waals surface area contributed by atoms with Gasteiger partial charge in [-0.1, -0.05) is 0 Å². The number of phenols is 2. The van der Waals surface area contributed by atoms with E-state index in [4.69, 9.17) is 0 Å². The Hall–Kier alpha value is -2.36. The number of rotatable bonds is 4. The molecule has 2 rings (SSSR count). The van der Waals surface area contributed by atoms with Gasteiger partial charge in [-0.2, -0.15) is 0 Å². The van der Waals surface area contributed by atoms with Gasteiger partial charge in [-0.15, -0.1) is 0 Å². The van der Waals surface area contributed by atoms with Crippen molar-refractivity contribution in [1.82, 2.24) is 0 Å². The van der Waals surface area contributed by atoms with Crippen molar-refractivity contribution in [1.29, 1.82) is 0 Å². The second-order valence-corrected chi connectivity index (χ2v) is 5.06. The number of hydrogen-bond donors (Lipinski definition) is 3. The number of hydrogen-bond acceptors (Lipinski definition) is 4. The Bertz CT molecular complexity index is 609. The van der Waals surface area contributed by atoms with Gasteiger partial charge in [0.05, 0.1) is 0 Å². The summed E-state index contributed by atoms with van der Waals surface area (Å²) in [5.74, 6) is 0.165. The summed E-state index contributed by atoms with van der Waals surface area (Å²) in [5.41, 5.74) is 4.08. The van der Waals surface area contributed by atoms with E-state index >= 15 is 0 Å². The van der Waals surface area contributed by atoms with Crippen molar-refractivity contribution in [3.63, 3.8) is 0 Å². The number of nitrogens with zero attached hydrogens (tertiary/aromatic N) is 1. The predicted molar refractivity (Wildman–Crippen MR) is 82.6 cm³/mol. The van der Waals surface area contributed by atoms with Crippen LogP contribution < -0.4 is 10.2 Å². The lowest BCUT2D eigenvalue weighted by atomic mass is 10.1. The van der Waals surface area contributed by atoms with Crippen LogP contribution in [-0.2, 0) is 6.54 Å². The highest BCUT2D eigenvalue weighted by Crippen LogP contribution is 2.25. The Morgan fingerprint density at radius 1 is 1.05 bits per heavy atom. The molecule has 0 aromatic heterocycles. The topological polar surface area (TPSA) is 55.7 Å². The molecular weight excluding hydrogens is 252 g/mol. The van der Waals surface area contributed by atoms with E-state index in [1.807, 2.05) is 33.2 Å². The predicted octanol–water partition coefficient (Wildman–Crippen LogP) is 3.08. The van der Waals surface area contributed by atoms with E-state index in [1.54, 1.807) is 12.1 Å². The zero-order valence-electron chi connectivity index (χ0n) is 12.0. The maximum Gasteiger partial charge on any atom is 0.124 e. The Labute approximate surface area is 119 Å². The van der Waals surface area contributed by atoms with Gasteiger partial charge in [0.1, 0.15) is 11.5 Å². The minimum atomic E-state index is 0.0674. The third-order valence-corrected chi connectivity index (χ3v) is 3.26. The molecule has 0 aliphatic heterocycles. The molecule has 0 aliphatic carbocycles. The molecule has 0 heterocycles. The highest BCUT2D eigenvalue weighted by Gasteiger charge is 2.05. The van der Waals surface area contributed by atoms with Crippen molar-refractivity contribution in [2.75, 3.05) is 24.3 Å². The fraction of sp³-hybridized carbons (Fsp3) is 0.250. The number of anilines is 2. The first-order chi connectivity index (χ1) is 9.47. The molecule has 0 fully saturated rings. The lowest BCUT2D eigenvalue weighted by Crippen LogP contribution is -2.09. The van der Waals surface area contributed by atoms with E-state index in [-0.39, 0.29) is 11.5 Å². The van der Waals surface area contributed by atoms with Crippen LogP contribution in [0.1, 0.15) is 11.1 Å². The Kier molecular flexibility index (Phi) is 4.03. The van der Waals surface area contributed by atoms with Crippen LogP contribution in [0.25, 0.3) is 0 Å². The van der Waals surface area contributed by atoms with Gasteiger partial charge < -0.3 is 20.4 Å². The molecule has 0 unspecified atom stereocenters. The average Bonchev–Trinajstić information content (AvgIpc) is 2.38. The van der Waals surface area contributed by atoms with Crippen molar-refractivity contribution in [3.05, 3.63) is 47.5 Å². The second-order valence-electron chi connectivity index (χ2n) is 5.06. The summed E-state index contributed by atoms with van der Waals surface area (Å²) in [7, 11) is 4.02. The largest absolute Gasteiger partial charge is 0.508 e. The van der Waals surface area contributed by atoms with Gasteiger partial charge in [0.2, 0.25) is 0 Å². The number of benzene rings is 2. The van der Waals surface area contributed by atoms with Gasteiger partial charge in [-0.3, -0.25) is 0 Å². The van der Waals surface area contributed by atoms with Gasteiger partial charge >= 0.3 is 0 Å². The molecule has 3 N–H and O–H groups in total. The fourth-order valence-corrected chi connectivity index (χ4v) is 2.02. The SMILES string of the molecule is Cc1cc(N(C)C)ccc1NCc1ccc(O)cc1O. The summed E-state index contributed by atoms with van der Waals surface area (Å²) < 4.78 is 0. The van der Waals surface area contributed by atoms with E-state index in [9.17, 15) is 10.2 Å². The Balaban J connectivity index is 2.11. The maximum atomic E-state index is 9.75. The molecule has 0 radical (unpaired) electrons. The van der Waals surface area contributed by atoms with Gasteiger partial charge in [0, 0.05) is 43.6 Å². The molecule has 4 nitrogen and oxygen atoms in total. The molecule has 20 heavy (non-hydrogen) atoms. The molecule has 0 aliphatic rings. The molecule has 0 saturated heterocycles. The fourth-order valence-electron chi connectivity index (χ4n) is 2.02. The van der Waals surface area contributed by atoms with Crippen molar-refractivity contribution >= 4 is 11.4 Å². The number of aryl methyl sites for hydroxylation is 1. The summed E-state index contributed by atoms with van der Waals surface area (Å²) in [6, 6.07) is 10.8. The van der Waals surface area contributed by atoms with Crippen LogP contribution in [0.2, 0.25) is 0 Å². The van der Waals surface area contributed by atoms with Crippen molar-refractivity contribution in [3.8, 4) is 11.5 Å². The smallest absolute Gasteiger partial charge is 0.124 e. The van der Waals surface area contributed by atoms with Crippen LogP contribution in [0.3, 0.4) is 0 Å². The summed E-state index contributed by atoms with van der Waals surface area (Å²) in [4.78, 5) is 2.06. The van der Waals surface area contributed by atoms with Gasteiger partial charge in [-0.25, -0.2) is 0 Å². The van der Waals surface area contributed by atoms with Crippen LogP contribution in [0.4, 0.5) is 11.4 Å². The standard InChI is InChI=1S/C16H20N2O2/c1-11-8-13(18(2)3)5-7-15(11)17-10-12-4-6-14(19)9-16(12)20/h4-9,17,19-20H,10H2,1-3H3. The molecule has 2 aromatic rings. The van der Waals surface area contributed by atoms with Crippen LogP contribution in [-0.4, -0.2) is 24.3 Å². The van der Waals surface area contributed by atoms with E-state index in [0.29, 0.717) is 6.54 Å². The van der Waals surface area contributed by atoms with Crippen molar-refractivity contribution in [2.24, 2.45) is 0 Å². The summed E-state index contributed by atoms with van der Waals surface area (Å²) in [5, 5.41) is 22.3. The molecule has 4 heteroatoms. The lowest BCUT2D eigenvalue weighted by molar-refractivity contribution is 0.446. The average molecular weight is 272 g/mol. The summed E-state index contributed by atoms with van der Waals surface area (Å²) in [6.07, 6.45) is 0. The van der Waals surface area contributed by atoms with Gasteiger partial charge in [0.25, 0.3) is 0 Å².